The van der Waals surface area contributed by atoms with Crippen LogP contribution in [-0.4, -0.2) is 14.5 Å². The fraction of sp³-hybridized carbons (Fsp3) is 0.500. The van der Waals surface area contributed by atoms with E-state index in [1.165, 1.54) is 5.01 Å². The highest BCUT2D eigenvalue weighted by Crippen LogP contribution is 2.20. The molecule has 0 spiro atoms. The number of hydrogen-bond donors (Lipinski definition) is 0. The predicted octanol–water partition coefficient (Wildman–Crippen LogP) is 3.27. The van der Waals surface area contributed by atoms with E-state index in [0.717, 1.165) is 12.2 Å². The third kappa shape index (κ3) is 2.50. The second-order valence-electron chi connectivity index (χ2n) is 4.42. The Morgan fingerprint density at radius 2 is 2.12 bits per heavy atom. The molecule has 86 valence electrons. The Hall–Kier alpha value is -1.16. The van der Waals surface area contributed by atoms with Crippen LogP contribution in [0.25, 0.3) is 0 Å². The van der Waals surface area contributed by atoms with Crippen molar-refractivity contribution in [3.05, 3.63) is 34.8 Å². The zero-order valence-corrected chi connectivity index (χ0v) is 10.7. The summed E-state index contributed by atoms with van der Waals surface area (Å²) in [5, 5.41) is 3.22. The Bertz CT molecular complexity index is 431. The van der Waals surface area contributed by atoms with E-state index in [-0.39, 0.29) is 0 Å². The van der Waals surface area contributed by atoms with Crippen LogP contribution in [0, 0.1) is 0 Å². The first kappa shape index (κ1) is 11.3. The normalized spacial score (nSPS) is 13.2. The first-order valence-corrected chi connectivity index (χ1v) is 6.46. The predicted molar refractivity (Wildman–Crippen MR) is 66.8 cm³/mol. The summed E-state index contributed by atoms with van der Waals surface area (Å²) in [7, 11) is 0. The molecule has 0 unspecified atom stereocenters. The van der Waals surface area contributed by atoms with Gasteiger partial charge in [0.05, 0.1) is 17.0 Å². The van der Waals surface area contributed by atoms with E-state index in [2.05, 4.69) is 41.5 Å². The van der Waals surface area contributed by atoms with Gasteiger partial charge < -0.3 is 4.57 Å². The second kappa shape index (κ2) is 4.78. The first-order chi connectivity index (χ1) is 7.66. The van der Waals surface area contributed by atoms with Crippen LogP contribution in [0.3, 0.4) is 0 Å². The van der Waals surface area contributed by atoms with Crippen molar-refractivity contribution in [2.24, 2.45) is 0 Å². The molecule has 0 fully saturated rings. The van der Waals surface area contributed by atoms with Crippen LogP contribution < -0.4 is 0 Å². The lowest BCUT2D eigenvalue weighted by Crippen LogP contribution is -2.03. The molecule has 0 saturated carbocycles. The van der Waals surface area contributed by atoms with E-state index in [4.69, 9.17) is 0 Å². The highest BCUT2D eigenvalue weighted by atomic mass is 32.1. The van der Waals surface area contributed by atoms with E-state index in [9.17, 15) is 0 Å². The number of rotatable bonds is 4. The van der Waals surface area contributed by atoms with Gasteiger partial charge in [-0.25, -0.2) is 9.97 Å². The van der Waals surface area contributed by atoms with Gasteiger partial charge in [-0.3, -0.25) is 0 Å². The summed E-state index contributed by atoms with van der Waals surface area (Å²) in [6, 6.07) is 0. The topological polar surface area (TPSA) is 30.7 Å². The molecule has 0 aromatic carbocycles. The Morgan fingerprint density at radius 3 is 2.69 bits per heavy atom. The van der Waals surface area contributed by atoms with Gasteiger partial charge in [-0.15, -0.1) is 11.3 Å². The van der Waals surface area contributed by atoms with Crippen LogP contribution in [-0.2, 0) is 6.54 Å². The summed E-state index contributed by atoms with van der Waals surface area (Å²) < 4.78 is 2.15. The molecule has 2 rings (SSSR count). The number of thiazole rings is 1. The van der Waals surface area contributed by atoms with E-state index >= 15 is 0 Å². The summed E-state index contributed by atoms with van der Waals surface area (Å²) in [6.07, 6.45) is 5.91. The molecule has 0 bridgehead atoms. The number of hydrogen-bond acceptors (Lipinski definition) is 3. The van der Waals surface area contributed by atoms with Crippen LogP contribution in [0.4, 0.5) is 0 Å². The molecule has 0 amide bonds. The van der Waals surface area contributed by atoms with Gasteiger partial charge in [-0.05, 0) is 5.92 Å². The van der Waals surface area contributed by atoms with Crippen molar-refractivity contribution in [1.29, 1.82) is 0 Å². The molecule has 0 saturated heterocycles. The van der Waals surface area contributed by atoms with Gasteiger partial charge >= 0.3 is 0 Å². The zero-order chi connectivity index (χ0) is 11.5. The summed E-state index contributed by atoms with van der Waals surface area (Å²) >= 11 is 1.72. The molecule has 2 aromatic heterocycles. The van der Waals surface area contributed by atoms with Crippen molar-refractivity contribution >= 4 is 11.3 Å². The van der Waals surface area contributed by atoms with Gasteiger partial charge in [-0.2, -0.15) is 0 Å². The molecule has 0 aliphatic rings. The number of aromatic nitrogens is 3. The maximum atomic E-state index is 4.40. The zero-order valence-electron chi connectivity index (χ0n) is 9.92. The van der Waals surface area contributed by atoms with E-state index < -0.39 is 0 Å². The van der Waals surface area contributed by atoms with Gasteiger partial charge in [0.15, 0.2) is 0 Å². The van der Waals surface area contributed by atoms with Gasteiger partial charge in [0.2, 0.25) is 0 Å². The molecule has 16 heavy (non-hydrogen) atoms. The van der Waals surface area contributed by atoms with Crippen molar-refractivity contribution in [1.82, 2.24) is 14.5 Å². The Morgan fingerprint density at radius 1 is 1.31 bits per heavy atom. The maximum Gasteiger partial charge on any atom is 0.0970 e. The first-order valence-electron chi connectivity index (χ1n) is 5.58. The molecule has 4 heteroatoms. The maximum absolute atomic E-state index is 4.40. The lowest BCUT2D eigenvalue weighted by Gasteiger charge is -2.08. The molecule has 0 radical (unpaired) electrons. The van der Waals surface area contributed by atoms with Crippen LogP contribution in [0.15, 0.2) is 24.1 Å². The van der Waals surface area contributed by atoms with Gasteiger partial charge in [0, 0.05) is 30.2 Å². The molecule has 2 aromatic rings. The van der Waals surface area contributed by atoms with Crippen molar-refractivity contribution in [2.75, 3.05) is 0 Å². The third-order valence-electron chi connectivity index (χ3n) is 2.60. The van der Waals surface area contributed by atoms with Crippen molar-refractivity contribution < 1.29 is 0 Å². The highest BCUT2D eigenvalue weighted by molar-refractivity contribution is 7.09. The molecule has 1 atom stereocenters. The lowest BCUT2D eigenvalue weighted by atomic mass is 10.1. The summed E-state index contributed by atoms with van der Waals surface area (Å²) in [6.45, 7) is 7.48. The minimum absolute atomic E-state index is 0.453. The van der Waals surface area contributed by atoms with E-state index in [0.29, 0.717) is 11.8 Å². The van der Waals surface area contributed by atoms with Gasteiger partial charge in [0.25, 0.3) is 0 Å². The summed E-state index contributed by atoms with van der Waals surface area (Å²) in [5.41, 5.74) is 1.16. The van der Waals surface area contributed by atoms with E-state index in [1.54, 1.807) is 11.3 Å². The minimum Gasteiger partial charge on any atom is -0.336 e. The molecule has 0 N–H and O–H groups in total. The highest BCUT2D eigenvalue weighted by Gasteiger charge is 2.10. The van der Waals surface area contributed by atoms with Crippen molar-refractivity contribution in [3.8, 4) is 0 Å². The van der Waals surface area contributed by atoms with Gasteiger partial charge in [0.1, 0.15) is 0 Å². The SMILES string of the molecule is CC(C)c1cn(C[C@H](C)c2nccs2)cn1. The van der Waals surface area contributed by atoms with Crippen molar-refractivity contribution in [3.63, 3.8) is 0 Å². The standard InChI is InChI=1S/C12H17N3S/c1-9(2)11-7-15(8-14-11)6-10(3)12-13-4-5-16-12/h4-5,7-10H,6H2,1-3H3/t10-/m0/s1. The van der Waals surface area contributed by atoms with Crippen LogP contribution in [0.1, 0.15) is 43.3 Å². The molecule has 3 nitrogen and oxygen atoms in total. The van der Waals surface area contributed by atoms with Crippen molar-refractivity contribution in [2.45, 2.75) is 39.2 Å². The second-order valence-corrected chi connectivity index (χ2v) is 5.35. The van der Waals surface area contributed by atoms with Crippen LogP contribution >= 0.6 is 11.3 Å². The Kier molecular flexibility index (Phi) is 3.39. The number of nitrogens with zero attached hydrogens (tertiary/aromatic N) is 3. The molecule has 2 heterocycles. The fourth-order valence-corrected chi connectivity index (χ4v) is 2.34. The minimum atomic E-state index is 0.453. The average molecular weight is 235 g/mol. The number of imidazole rings is 1. The smallest absolute Gasteiger partial charge is 0.0970 e. The van der Waals surface area contributed by atoms with Gasteiger partial charge in [-0.1, -0.05) is 20.8 Å². The largest absolute Gasteiger partial charge is 0.336 e. The fourth-order valence-electron chi connectivity index (χ4n) is 1.65. The molecular formula is C12H17N3S. The van der Waals surface area contributed by atoms with Crippen LogP contribution in [0.2, 0.25) is 0 Å². The average Bonchev–Trinajstić information content (AvgIpc) is 2.87. The Labute approximate surface area is 100 Å². The summed E-state index contributed by atoms with van der Waals surface area (Å²) in [4.78, 5) is 8.74. The third-order valence-corrected chi connectivity index (χ3v) is 3.61. The summed E-state index contributed by atoms with van der Waals surface area (Å²) in [5.74, 6) is 0.950. The monoisotopic (exact) mass is 235 g/mol. The van der Waals surface area contributed by atoms with Crippen LogP contribution in [0.5, 0.6) is 0 Å². The molecule has 0 aliphatic heterocycles. The Balaban J connectivity index is 2.03. The van der Waals surface area contributed by atoms with E-state index in [1.807, 2.05) is 17.9 Å². The molecule has 0 aliphatic carbocycles. The molecular weight excluding hydrogens is 218 g/mol. The quantitative estimate of drug-likeness (QED) is 0.814. The lowest BCUT2D eigenvalue weighted by molar-refractivity contribution is 0.593.